The van der Waals surface area contributed by atoms with E-state index in [0.29, 0.717) is 0 Å². The molecule has 4 unspecified atom stereocenters. The molecule has 0 aromatic heterocycles. The maximum atomic E-state index is 14.3. The van der Waals surface area contributed by atoms with Gasteiger partial charge in [-0.05, 0) is 59.7 Å². The number of nitriles is 1. The average molecular weight is 704 g/mol. The molecule has 1 saturated heterocycles. The Morgan fingerprint density at radius 2 is 1.69 bits per heavy atom. The fourth-order valence-electron chi connectivity index (χ4n) is 4.39. The maximum absolute atomic E-state index is 14.3. The van der Waals surface area contributed by atoms with E-state index < -0.39 is 71.7 Å². The quantitative estimate of drug-likeness (QED) is 0.0949. The second kappa shape index (κ2) is 17.7. The van der Waals surface area contributed by atoms with Crippen molar-refractivity contribution in [1.82, 2.24) is 9.99 Å². The number of alkyl halides is 3. The molecule has 1 amide bonds. The van der Waals surface area contributed by atoms with Crippen LogP contribution in [0.1, 0.15) is 75.2 Å². The van der Waals surface area contributed by atoms with E-state index in [-0.39, 0.29) is 44.7 Å². The lowest BCUT2D eigenvalue weighted by Gasteiger charge is -2.44. The third-order valence-corrected chi connectivity index (χ3v) is 16.6. The molecular formula is C27H51BF3N3O8P2Si. The second-order valence-corrected chi connectivity index (χ2v) is 21.0. The van der Waals surface area contributed by atoms with Crippen molar-refractivity contribution in [2.24, 2.45) is 0 Å². The fourth-order valence-corrected chi connectivity index (χ4v) is 10.3. The zero-order valence-electron chi connectivity index (χ0n) is 28.3. The monoisotopic (exact) mass is 703 g/mol. The Bertz CT molecular complexity index is 1010. The SMILES string of the molecule is [B][C@@H]1O[C@H](C(NC(=O)C(F)(F)F)C(O[Si](C)(C)C(C)(C)C)P(=O)(OCC)OCC)CC1OP(OCCC#N)N(C(C)C)C(C)C. The van der Waals surface area contributed by atoms with Gasteiger partial charge in [-0.1, -0.05) is 20.8 Å². The molecule has 2 radical (unpaired) electrons. The van der Waals surface area contributed by atoms with Crippen LogP contribution in [-0.2, 0) is 36.6 Å². The van der Waals surface area contributed by atoms with Crippen LogP contribution in [0.2, 0.25) is 18.1 Å². The van der Waals surface area contributed by atoms with Gasteiger partial charge >= 0.3 is 19.7 Å². The minimum absolute atomic E-state index is 0.0306. The Morgan fingerprint density at radius 3 is 2.11 bits per heavy atom. The van der Waals surface area contributed by atoms with Gasteiger partial charge in [0.25, 0.3) is 8.53 Å². The largest absolute Gasteiger partial charge is 0.471 e. The minimum Gasteiger partial charge on any atom is -0.401 e. The Labute approximate surface area is 270 Å². The summed E-state index contributed by atoms with van der Waals surface area (Å²) in [6.07, 6.45) is -7.41. The molecule has 0 aliphatic carbocycles. The molecular weight excluding hydrogens is 652 g/mol. The predicted octanol–water partition coefficient (Wildman–Crippen LogP) is 6.59. The first-order valence-electron chi connectivity index (χ1n) is 15.2. The normalized spacial score (nSPS) is 22.1. The summed E-state index contributed by atoms with van der Waals surface area (Å²) >= 11 is 0. The van der Waals surface area contributed by atoms with Gasteiger partial charge in [0.05, 0.1) is 50.6 Å². The van der Waals surface area contributed by atoms with E-state index in [4.69, 9.17) is 40.4 Å². The highest BCUT2D eigenvalue weighted by Crippen LogP contribution is 2.58. The van der Waals surface area contributed by atoms with Gasteiger partial charge in [-0.25, -0.2) is 4.67 Å². The smallest absolute Gasteiger partial charge is 0.401 e. The van der Waals surface area contributed by atoms with Gasteiger partial charge in [-0.15, -0.1) is 0 Å². The van der Waals surface area contributed by atoms with Crippen LogP contribution in [0.25, 0.3) is 0 Å². The molecule has 45 heavy (non-hydrogen) atoms. The number of nitrogens with one attached hydrogen (secondary N) is 1. The fraction of sp³-hybridized carbons (Fsp3) is 0.926. The van der Waals surface area contributed by atoms with Crippen LogP contribution in [0.3, 0.4) is 0 Å². The highest BCUT2D eigenvalue weighted by Gasteiger charge is 2.55. The Morgan fingerprint density at radius 1 is 1.16 bits per heavy atom. The van der Waals surface area contributed by atoms with Crippen LogP contribution in [0, 0.1) is 11.3 Å². The molecule has 6 atom stereocenters. The summed E-state index contributed by atoms with van der Waals surface area (Å²) in [6.45, 7) is 20.2. The summed E-state index contributed by atoms with van der Waals surface area (Å²) < 4.78 is 93.3. The highest BCUT2D eigenvalue weighted by molar-refractivity contribution is 7.54. The van der Waals surface area contributed by atoms with Crippen molar-refractivity contribution in [1.29, 1.82) is 5.26 Å². The van der Waals surface area contributed by atoms with Crippen molar-refractivity contribution in [3.8, 4) is 6.07 Å². The summed E-state index contributed by atoms with van der Waals surface area (Å²) in [7, 11) is -2.67. The standard InChI is InChI=1S/C27H51BF3N3O8P2Si/c1-12-38-44(36,39-13-2)24(42-45(10,11)26(7,8)9)22(33-25(35)27(29,30)31)20-17-21(23(28)40-20)41-43(37-16-14-15-32)34(18(3)4)19(5)6/h18-24H,12-14,16-17H2,1-11H3,(H,33,35)/t20-,21?,22?,23+,24?,43?/m0/s1. The molecule has 18 heteroatoms. The summed E-state index contributed by atoms with van der Waals surface area (Å²) in [6, 6.07) is -0.854. The minimum atomic E-state index is -5.27. The first kappa shape index (κ1) is 42.4. The van der Waals surface area contributed by atoms with Crippen LogP contribution in [-0.4, -0.2) is 94.9 Å². The molecule has 0 aromatic rings. The number of hydrogen-bond donors (Lipinski definition) is 1. The maximum Gasteiger partial charge on any atom is 0.471 e. The zero-order chi connectivity index (χ0) is 35.0. The third kappa shape index (κ3) is 12.1. The van der Waals surface area contributed by atoms with E-state index in [1.54, 1.807) is 13.8 Å². The number of carbonyl (C=O) groups excluding carboxylic acids is 1. The predicted molar refractivity (Wildman–Crippen MR) is 170 cm³/mol. The summed E-state index contributed by atoms with van der Waals surface area (Å²) in [5.41, 5.74) is 0. The molecule has 0 aromatic carbocycles. The molecule has 1 fully saturated rings. The van der Waals surface area contributed by atoms with E-state index in [1.165, 1.54) is 0 Å². The van der Waals surface area contributed by atoms with Crippen molar-refractivity contribution in [3.63, 3.8) is 0 Å². The zero-order valence-corrected chi connectivity index (χ0v) is 31.1. The molecule has 0 spiro atoms. The molecule has 1 N–H and O–H groups in total. The molecule has 1 heterocycles. The molecule has 0 saturated carbocycles. The van der Waals surface area contributed by atoms with Crippen molar-refractivity contribution in [3.05, 3.63) is 0 Å². The Balaban J connectivity index is 3.68. The van der Waals surface area contributed by atoms with Crippen LogP contribution in [0.5, 0.6) is 0 Å². The van der Waals surface area contributed by atoms with E-state index >= 15 is 0 Å². The van der Waals surface area contributed by atoms with E-state index in [9.17, 15) is 22.5 Å². The summed E-state index contributed by atoms with van der Waals surface area (Å²) in [5.74, 6) is -3.94. The second-order valence-electron chi connectivity index (χ2n) is 12.7. The lowest BCUT2D eigenvalue weighted by Crippen LogP contribution is -2.58. The van der Waals surface area contributed by atoms with Gasteiger partial charge in [-0.3, -0.25) is 9.36 Å². The summed E-state index contributed by atoms with van der Waals surface area (Å²) in [5, 5.41) is 10.5. The number of halogens is 3. The number of amides is 1. The van der Waals surface area contributed by atoms with E-state index in [0.717, 1.165) is 0 Å². The van der Waals surface area contributed by atoms with Gasteiger partial charge in [0.2, 0.25) is 0 Å². The van der Waals surface area contributed by atoms with Crippen molar-refractivity contribution in [2.45, 2.75) is 142 Å². The number of carbonyl (C=O) groups is 1. The van der Waals surface area contributed by atoms with Gasteiger partial charge in [0.1, 0.15) is 7.85 Å². The molecule has 1 aliphatic heterocycles. The Hall–Kier alpha value is -0.588. The van der Waals surface area contributed by atoms with Crippen molar-refractivity contribution < 1.29 is 49.8 Å². The number of rotatable bonds is 18. The molecule has 1 rings (SSSR count). The van der Waals surface area contributed by atoms with Gasteiger partial charge in [-0.2, -0.15) is 18.4 Å². The van der Waals surface area contributed by atoms with E-state index in [2.05, 4.69) is 0 Å². The summed E-state index contributed by atoms with van der Waals surface area (Å²) in [4.78, 5) is 12.4. The van der Waals surface area contributed by atoms with Crippen LogP contribution >= 0.6 is 16.1 Å². The van der Waals surface area contributed by atoms with Gasteiger partial charge in [0, 0.05) is 24.5 Å². The molecule has 260 valence electrons. The van der Waals surface area contributed by atoms with Crippen molar-refractivity contribution >= 4 is 38.2 Å². The van der Waals surface area contributed by atoms with Gasteiger partial charge < -0.3 is 32.6 Å². The van der Waals surface area contributed by atoms with Crippen LogP contribution in [0.15, 0.2) is 0 Å². The van der Waals surface area contributed by atoms with Gasteiger partial charge in [0.15, 0.2) is 14.2 Å². The number of nitrogens with zero attached hydrogens (tertiary/aromatic N) is 2. The first-order valence-corrected chi connectivity index (χ1v) is 20.8. The van der Waals surface area contributed by atoms with Crippen LogP contribution < -0.4 is 5.32 Å². The number of ether oxygens (including phenoxy) is 1. The highest BCUT2D eigenvalue weighted by atomic mass is 31.2. The first-order chi connectivity index (χ1) is 20.6. The number of hydrogen-bond acceptors (Lipinski definition) is 10. The molecule has 1 aliphatic rings. The molecule has 0 bridgehead atoms. The lowest BCUT2D eigenvalue weighted by molar-refractivity contribution is -0.175. The van der Waals surface area contributed by atoms with Crippen LogP contribution in [0.4, 0.5) is 13.2 Å². The molecule has 11 nitrogen and oxygen atoms in total. The van der Waals surface area contributed by atoms with E-state index in [1.807, 2.05) is 77.6 Å². The average Bonchev–Trinajstić information content (AvgIpc) is 3.24. The topological polar surface area (TPSA) is 129 Å². The van der Waals surface area contributed by atoms with Crippen molar-refractivity contribution in [2.75, 3.05) is 19.8 Å². The third-order valence-electron chi connectivity index (χ3n) is 7.47. The lowest BCUT2D eigenvalue weighted by atomic mass is 9.94. The Kier molecular flexibility index (Phi) is 16.7.